The molecule has 4 nitrogen and oxygen atoms in total. The topological polar surface area (TPSA) is 52.6 Å². The van der Waals surface area contributed by atoms with Crippen LogP contribution in [0.4, 0.5) is 0 Å². The summed E-state index contributed by atoms with van der Waals surface area (Å²) in [5, 5.41) is 0. The number of benzene rings is 1. The molecule has 0 spiro atoms. The van der Waals surface area contributed by atoms with E-state index in [4.69, 9.17) is 9.47 Å². The number of cyclic esters (lactones) is 1. The van der Waals surface area contributed by atoms with Crippen molar-refractivity contribution in [3.63, 3.8) is 0 Å². The fraction of sp³-hybridized carbons (Fsp3) is 0.235. The number of allylic oxidation sites excluding steroid dienone is 3. The molecule has 107 valence electrons. The molecule has 0 aromatic heterocycles. The van der Waals surface area contributed by atoms with Gasteiger partial charge in [0, 0.05) is 12.0 Å². The Bertz CT molecular complexity index is 625. The van der Waals surface area contributed by atoms with Gasteiger partial charge in [-0.05, 0) is 29.8 Å². The molecule has 1 radical (unpaired) electrons. The van der Waals surface area contributed by atoms with Crippen molar-refractivity contribution >= 4 is 11.8 Å². The van der Waals surface area contributed by atoms with E-state index >= 15 is 0 Å². The third-order valence-corrected chi connectivity index (χ3v) is 3.74. The van der Waals surface area contributed by atoms with Gasteiger partial charge >= 0.3 is 5.97 Å². The van der Waals surface area contributed by atoms with E-state index < -0.39 is 12.0 Å². The van der Waals surface area contributed by atoms with Crippen molar-refractivity contribution in [2.75, 3.05) is 7.11 Å². The van der Waals surface area contributed by atoms with Gasteiger partial charge in [-0.2, -0.15) is 0 Å². The summed E-state index contributed by atoms with van der Waals surface area (Å²) in [6.07, 6.45) is 7.13. The highest BCUT2D eigenvalue weighted by molar-refractivity contribution is 6.01. The Hall–Kier alpha value is -2.36. The van der Waals surface area contributed by atoms with Gasteiger partial charge in [-0.3, -0.25) is 9.59 Å². The van der Waals surface area contributed by atoms with E-state index in [0.29, 0.717) is 11.3 Å². The summed E-state index contributed by atoms with van der Waals surface area (Å²) >= 11 is 0. The Morgan fingerprint density at radius 2 is 2.00 bits per heavy atom. The van der Waals surface area contributed by atoms with E-state index in [9.17, 15) is 9.59 Å². The third kappa shape index (κ3) is 2.61. The summed E-state index contributed by atoms with van der Waals surface area (Å²) in [6.45, 7) is 0. The number of hydrogen-bond donors (Lipinski definition) is 0. The minimum absolute atomic E-state index is 0.0743. The van der Waals surface area contributed by atoms with Gasteiger partial charge in [0.15, 0.2) is 5.78 Å². The number of methoxy groups -OCH3 is 1. The lowest BCUT2D eigenvalue weighted by Crippen LogP contribution is -2.26. The number of Topliss-reactive ketones (excluding diaryl/α,β-unsaturated/α-hetero) is 1. The first-order valence-electron chi connectivity index (χ1n) is 6.78. The van der Waals surface area contributed by atoms with E-state index in [-0.39, 0.29) is 18.2 Å². The molecule has 1 aromatic rings. The Morgan fingerprint density at radius 3 is 2.62 bits per heavy atom. The van der Waals surface area contributed by atoms with E-state index in [1.54, 1.807) is 31.4 Å². The lowest BCUT2D eigenvalue weighted by Gasteiger charge is -2.17. The fourth-order valence-electron chi connectivity index (χ4n) is 2.64. The first-order valence-corrected chi connectivity index (χ1v) is 6.78. The summed E-state index contributed by atoms with van der Waals surface area (Å²) in [4.78, 5) is 24.2. The van der Waals surface area contributed by atoms with Crippen molar-refractivity contribution in [1.82, 2.24) is 0 Å². The van der Waals surface area contributed by atoms with Crippen LogP contribution in [0.2, 0.25) is 0 Å². The van der Waals surface area contributed by atoms with Gasteiger partial charge in [0.05, 0.1) is 19.4 Å². The van der Waals surface area contributed by atoms with Crippen molar-refractivity contribution in [3.05, 3.63) is 60.1 Å². The lowest BCUT2D eigenvalue weighted by atomic mass is 9.87. The average molecular weight is 283 g/mol. The molecule has 3 rings (SSSR count). The molecule has 4 heteroatoms. The van der Waals surface area contributed by atoms with E-state index in [1.165, 1.54) is 0 Å². The normalized spacial score (nSPS) is 23.9. The molecule has 0 N–H and O–H groups in total. The maximum atomic E-state index is 12.6. The van der Waals surface area contributed by atoms with Crippen LogP contribution < -0.4 is 4.74 Å². The predicted octanol–water partition coefficient (Wildman–Crippen LogP) is 2.51. The highest BCUT2D eigenvalue weighted by Gasteiger charge is 2.41. The Morgan fingerprint density at radius 1 is 1.24 bits per heavy atom. The van der Waals surface area contributed by atoms with Gasteiger partial charge in [0.1, 0.15) is 11.9 Å². The van der Waals surface area contributed by atoms with Gasteiger partial charge in [-0.1, -0.05) is 18.2 Å². The van der Waals surface area contributed by atoms with Crippen LogP contribution in [0.3, 0.4) is 0 Å². The van der Waals surface area contributed by atoms with Gasteiger partial charge in [-0.15, -0.1) is 0 Å². The van der Waals surface area contributed by atoms with Crippen LogP contribution in [0, 0.1) is 12.3 Å². The van der Waals surface area contributed by atoms with Crippen LogP contribution in [0.25, 0.3) is 0 Å². The number of rotatable bonds is 4. The molecule has 0 bridgehead atoms. The molecule has 2 atom stereocenters. The summed E-state index contributed by atoms with van der Waals surface area (Å²) in [6, 6.07) is 6.91. The molecule has 21 heavy (non-hydrogen) atoms. The van der Waals surface area contributed by atoms with Crippen LogP contribution in [-0.2, 0) is 9.53 Å². The minimum Gasteiger partial charge on any atom is -0.497 e. The quantitative estimate of drug-likeness (QED) is 0.629. The molecular weight excluding hydrogens is 268 g/mol. The second kappa shape index (κ2) is 5.56. The van der Waals surface area contributed by atoms with E-state index in [2.05, 4.69) is 0 Å². The van der Waals surface area contributed by atoms with Gasteiger partial charge in [-0.25, -0.2) is 0 Å². The molecule has 0 saturated carbocycles. The van der Waals surface area contributed by atoms with E-state index in [0.717, 1.165) is 5.57 Å². The molecule has 1 aliphatic heterocycles. The Kier molecular flexibility index (Phi) is 3.60. The van der Waals surface area contributed by atoms with Crippen LogP contribution in [0.1, 0.15) is 16.8 Å². The summed E-state index contributed by atoms with van der Waals surface area (Å²) in [5.41, 5.74) is 1.43. The average Bonchev–Trinajstić information content (AvgIpc) is 3.15. The standard InChI is InChI=1S/C17H15O4/c1-20-13-8-6-11(7-9-13)16(19)14-10-15(18)21-17(14)12-4-2-3-5-12/h2-9,14,17H,10H2,1H3/t14-,17-/m0/s1. The Balaban J connectivity index is 1.82. The molecule has 1 heterocycles. The molecule has 2 aliphatic rings. The summed E-state index contributed by atoms with van der Waals surface area (Å²) in [5.74, 6) is -0.172. The second-order valence-electron chi connectivity index (χ2n) is 5.03. The monoisotopic (exact) mass is 283 g/mol. The maximum Gasteiger partial charge on any atom is 0.307 e. The summed E-state index contributed by atoms with van der Waals surface area (Å²) in [7, 11) is 1.58. The minimum atomic E-state index is -0.484. The summed E-state index contributed by atoms with van der Waals surface area (Å²) < 4.78 is 10.4. The molecule has 1 aliphatic carbocycles. The van der Waals surface area contributed by atoms with Crippen molar-refractivity contribution < 1.29 is 19.1 Å². The van der Waals surface area contributed by atoms with Crippen LogP contribution in [0.15, 0.2) is 48.1 Å². The zero-order valence-corrected chi connectivity index (χ0v) is 11.6. The molecule has 0 unspecified atom stereocenters. The lowest BCUT2D eigenvalue weighted by molar-refractivity contribution is -0.140. The van der Waals surface area contributed by atoms with E-state index in [1.807, 2.05) is 24.6 Å². The SMILES string of the molecule is COc1ccc(C(=O)[C@@H]2CC(=O)O[C@H]2C2=CC=C[CH]2)cc1. The van der Waals surface area contributed by atoms with Crippen molar-refractivity contribution in [2.24, 2.45) is 5.92 Å². The van der Waals surface area contributed by atoms with Crippen LogP contribution in [0.5, 0.6) is 5.75 Å². The molecule has 0 amide bonds. The fourth-order valence-corrected chi connectivity index (χ4v) is 2.64. The van der Waals surface area contributed by atoms with Crippen molar-refractivity contribution in [3.8, 4) is 5.75 Å². The zero-order chi connectivity index (χ0) is 14.8. The second-order valence-corrected chi connectivity index (χ2v) is 5.03. The van der Waals surface area contributed by atoms with Crippen LogP contribution in [-0.4, -0.2) is 25.0 Å². The van der Waals surface area contributed by atoms with Crippen LogP contribution >= 0.6 is 0 Å². The molecule has 1 aromatic carbocycles. The molecular formula is C17H15O4. The number of carbonyl (C=O) groups excluding carboxylic acids is 2. The Labute approximate surface area is 123 Å². The number of esters is 1. The van der Waals surface area contributed by atoms with Gasteiger partial charge in [0.25, 0.3) is 0 Å². The number of hydrogen-bond acceptors (Lipinski definition) is 4. The molecule has 1 saturated heterocycles. The predicted molar refractivity (Wildman–Crippen MR) is 76.8 cm³/mol. The number of ketones is 1. The van der Waals surface area contributed by atoms with Crippen molar-refractivity contribution in [2.45, 2.75) is 12.5 Å². The first kappa shape index (κ1) is 13.6. The highest BCUT2D eigenvalue weighted by atomic mass is 16.6. The van der Waals surface area contributed by atoms with Gasteiger partial charge in [0.2, 0.25) is 0 Å². The third-order valence-electron chi connectivity index (χ3n) is 3.74. The maximum absolute atomic E-state index is 12.6. The first-order chi connectivity index (χ1) is 10.2. The highest BCUT2D eigenvalue weighted by Crippen LogP contribution is 2.33. The smallest absolute Gasteiger partial charge is 0.307 e. The molecule has 1 fully saturated rings. The number of carbonyl (C=O) groups is 2. The number of ether oxygens (including phenoxy) is 2. The van der Waals surface area contributed by atoms with Crippen molar-refractivity contribution in [1.29, 1.82) is 0 Å². The van der Waals surface area contributed by atoms with Gasteiger partial charge < -0.3 is 9.47 Å². The zero-order valence-electron chi connectivity index (χ0n) is 11.6. The largest absolute Gasteiger partial charge is 0.497 e.